The van der Waals surface area contributed by atoms with E-state index in [9.17, 15) is 0 Å². The molecule has 2 aromatic carbocycles. The van der Waals surface area contributed by atoms with Gasteiger partial charge < -0.3 is 9.47 Å². The number of nitrogens with zero attached hydrogens (tertiary/aromatic N) is 2. The van der Waals surface area contributed by atoms with Gasteiger partial charge in [-0.2, -0.15) is 0 Å². The number of aromatic nitrogens is 2. The van der Waals surface area contributed by atoms with Crippen molar-refractivity contribution in [3.05, 3.63) is 83.9 Å². The van der Waals surface area contributed by atoms with E-state index in [1.54, 1.807) is 19.6 Å². The summed E-state index contributed by atoms with van der Waals surface area (Å²) in [5.74, 6) is 1.83. The second-order valence-corrected chi connectivity index (χ2v) is 7.30. The molecule has 0 amide bonds. The summed E-state index contributed by atoms with van der Waals surface area (Å²) < 4.78 is 11.9. The topological polar surface area (TPSA) is 44.2 Å². The predicted molar refractivity (Wildman–Crippen MR) is 110 cm³/mol. The number of rotatable bonds is 7. The molecule has 3 aromatic rings. The van der Waals surface area contributed by atoms with Crippen molar-refractivity contribution in [2.24, 2.45) is 0 Å². The van der Waals surface area contributed by atoms with E-state index in [-0.39, 0.29) is 5.92 Å². The van der Waals surface area contributed by atoms with E-state index < -0.39 is 0 Å². The summed E-state index contributed by atoms with van der Waals surface area (Å²) in [6.45, 7) is 0. The summed E-state index contributed by atoms with van der Waals surface area (Å²) in [5, 5.41) is 0. The third-order valence-corrected chi connectivity index (χ3v) is 5.44. The third kappa shape index (κ3) is 4.33. The molecule has 1 atom stereocenters. The van der Waals surface area contributed by atoms with Gasteiger partial charge in [-0.3, -0.25) is 0 Å². The van der Waals surface area contributed by atoms with Gasteiger partial charge in [-0.15, -0.1) is 0 Å². The van der Waals surface area contributed by atoms with Crippen LogP contribution in [0.2, 0.25) is 0 Å². The molecule has 1 saturated carbocycles. The van der Waals surface area contributed by atoms with Crippen molar-refractivity contribution in [2.45, 2.75) is 44.1 Å². The minimum atomic E-state index is 0.188. The van der Waals surface area contributed by atoms with Crippen LogP contribution in [-0.4, -0.2) is 23.2 Å². The van der Waals surface area contributed by atoms with Crippen LogP contribution in [0.25, 0.3) is 0 Å². The lowest BCUT2D eigenvalue weighted by molar-refractivity contribution is 0.200. The molecule has 1 unspecified atom stereocenters. The SMILES string of the molecule is COc1ccc(C(Cc2ccncn2)c2ccccc2)cc1OC1CCCC1. The zero-order valence-electron chi connectivity index (χ0n) is 16.3. The van der Waals surface area contributed by atoms with Crippen LogP contribution in [0.4, 0.5) is 0 Å². The van der Waals surface area contributed by atoms with Gasteiger partial charge in [0.1, 0.15) is 6.33 Å². The summed E-state index contributed by atoms with van der Waals surface area (Å²) in [7, 11) is 1.70. The standard InChI is InChI=1S/C24H26N2O2/c1-27-23-12-11-19(15-24(23)28-21-9-5-6-10-21)22(18-7-3-2-4-8-18)16-20-13-14-25-17-26-20/h2-4,7-8,11-15,17,21-22H,5-6,9-10,16H2,1H3. The Hall–Kier alpha value is -2.88. The fourth-order valence-corrected chi connectivity index (χ4v) is 3.95. The maximum Gasteiger partial charge on any atom is 0.161 e. The molecule has 0 saturated heterocycles. The van der Waals surface area contributed by atoms with Crippen molar-refractivity contribution in [2.75, 3.05) is 7.11 Å². The highest BCUT2D eigenvalue weighted by Crippen LogP contribution is 2.37. The number of ether oxygens (including phenoxy) is 2. The number of hydrogen-bond donors (Lipinski definition) is 0. The molecule has 1 aromatic heterocycles. The van der Waals surface area contributed by atoms with Crippen LogP contribution in [0, 0.1) is 0 Å². The molecule has 1 aliphatic rings. The quantitative estimate of drug-likeness (QED) is 0.571. The Bertz CT molecular complexity index is 878. The minimum Gasteiger partial charge on any atom is -0.493 e. The molecule has 144 valence electrons. The number of hydrogen-bond acceptors (Lipinski definition) is 4. The van der Waals surface area contributed by atoms with Crippen molar-refractivity contribution in [3.63, 3.8) is 0 Å². The van der Waals surface area contributed by atoms with Gasteiger partial charge in [-0.1, -0.05) is 36.4 Å². The van der Waals surface area contributed by atoms with Gasteiger partial charge in [-0.05, 0) is 55.0 Å². The summed E-state index contributed by atoms with van der Waals surface area (Å²) >= 11 is 0. The molecule has 0 aliphatic heterocycles. The van der Waals surface area contributed by atoms with E-state index in [2.05, 4.69) is 46.4 Å². The molecule has 28 heavy (non-hydrogen) atoms. The third-order valence-electron chi connectivity index (χ3n) is 5.44. The molecular weight excluding hydrogens is 348 g/mol. The molecule has 0 bridgehead atoms. The van der Waals surface area contributed by atoms with Crippen molar-refractivity contribution >= 4 is 0 Å². The second-order valence-electron chi connectivity index (χ2n) is 7.30. The molecule has 1 fully saturated rings. The van der Waals surface area contributed by atoms with E-state index in [0.717, 1.165) is 36.5 Å². The Morgan fingerprint density at radius 1 is 0.964 bits per heavy atom. The maximum absolute atomic E-state index is 6.32. The number of benzene rings is 2. The highest BCUT2D eigenvalue weighted by molar-refractivity contribution is 5.46. The monoisotopic (exact) mass is 374 g/mol. The van der Waals surface area contributed by atoms with Crippen molar-refractivity contribution < 1.29 is 9.47 Å². The lowest BCUT2D eigenvalue weighted by Crippen LogP contribution is -2.13. The molecule has 0 spiro atoms. The Kier molecular flexibility index (Phi) is 5.86. The first kappa shape index (κ1) is 18.5. The van der Waals surface area contributed by atoms with Crippen LogP contribution < -0.4 is 9.47 Å². The Balaban J connectivity index is 1.68. The zero-order valence-corrected chi connectivity index (χ0v) is 16.3. The average Bonchev–Trinajstić information content (AvgIpc) is 3.26. The summed E-state index contributed by atoms with van der Waals surface area (Å²) in [5.41, 5.74) is 3.50. The average molecular weight is 374 g/mol. The fourth-order valence-electron chi connectivity index (χ4n) is 3.95. The normalized spacial score (nSPS) is 15.3. The maximum atomic E-state index is 6.32. The highest BCUT2D eigenvalue weighted by Gasteiger charge is 2.21. The van der Waals surface area contributed by atoms with E-state index >= 15 is 0 Å². The van der Waals surface area contributed by atoms with Gasteiger partial charge in [0.15, 0.2) is 11.5 Å². The molecule has 4 rings (SSSR count). The lowest BCUT2D eigenvalue weighted by Gasteiger charge is -2.21. The van der Waals surface area contributed by atoms with Gasteiger partial charge in [0.2, 0.25) is 0 Å². The molecule has 4 heteroatoms. The fraction of sp³-hybridized carbons (Fsp3) is 0.333. The first-order valence-electron chi connectivity index (χ1n) is 9.98. The van der Waals surface area contributed by atoms with Gasteiger partial charge in [0.05, 0.1) is 13.2 Å². The zero-order chi connectivity index (χ0) is 19.2. The van der Waals surface area contributed by atoms with Gasteiger partial charge >= 0.3 is 0 Å². The van der Waals surface area contributed by atoms with Crippen LogP contribution >= 0.6 is 0 Å². The first-order chi connectivity index (χ1) is 13.8. The van der Waals surface area contributed by atoms with E-state index in [1.807, 2.05) is 18.2 Å². The minimum absolute atomic E-state index is 0.188. The predicted octanol–water partition coefficient (Wildman–Crippen LogP) is 5.18. The molecule has 4 nitrogen and oxygen atoms in total. The Morgan fingerprint density at radius 3 is 2.50 bits per heavy atom. The first-order valence-corrected chi connectivity index (χ1v) is 9.98. The summed E-state index contributed by atoms with van der Waals surface area (Å²) in [6, 6.07) is 18.9. The van der Waals surface area contributed by atoms with Crippen LogP contribution in [0.3, 0.4) is 0 Å². The molecule has 0 radical (unpaired) electrons. The van der Waals surface area contributed by atoms with Crippen LogP contribution in [-0.2, 0) is 6.42 Å². The molecular formula is C24H26N2O2. The summed E-state index contributed by atoms with van der Waals surface area (Å²) in [4.78, 5) is 8.49. The Labute approximate surface area is 166 Å². The highest BCUT2D eigenvalue weighted by atomic mass is 16.5. The van der Waals surface area contributed by atoms with Gasteiger partial charge in [-0.25, -0.2) is 9.97 Å². The molecule has 1 aliphatic carbocycles. The lowest BCUT2D eigenvalue weighted by atomic mass is 9.87. The smallest absolute Gasteiger partial charge is 0.161 e. The van der Waals surface area contributed by atoms with E-state index in [1.165, 1.54) is 24.0 Å². The van der Waals surface area contributed by atoms with Crippen LogP contribution in [0.1, 0.15) is 48.4 Å². The molecule has 1 heterocycles. The van der Waals surface area contributed by atoms with Crippen LogP contribution in [0.5, 0.6) is 11.5 Å². The van der Waals surface area contributed by atoms with E-state index in [4.69, 9.17) is 9.47 Å². The van der Waals surface area contributed by atoms with Gasteiger partial charge in [0.25, 0.3) is 0 Å². The van der Waals surface area contributed by atoms with Crippen LogP contribution in [0.15, 0.2) is 67.1 Å². The molecule has 0 N–H and O–H groups in total. The van der Waals surface area contributed by atoms with Crippen molar-refractivity contribution in [1.29, 1.82) is 0 Å². The van der Waals surface area contributed by atoms with Gasteiger partial charge in [0, 0.05) is 24.2 Å². The van der Waals surface area contributed by atoms with Crippen molar-refractivity contribution in [3.8, 4) is 11.5 Å². The van der Waals surface area contributed by atoms with Crippen molar-refractivity contribution in [1.82, 2.24) is 9.97 Å². The summed E-state index contributed by atoms with van der Waals surface area (Å²) in [6.07, 6.45) is 9.24. The van der Waals surface area contributed by atoms with E-state index in [0.29, 0.717) is 6.10 Å². The Morgan fingerprint density at radius 2 is 1.79 bits per heavy atom. The second kappa shape index (κ2) is 8.87. The number of methoxy groups -OCH3 is 1. The largest absolute Gasteiger partial charge is 0.493 e.